The van der Waals surface area contributed by atoms with Crippen LogP contribution < -0.4 is 10.1 Å². The number of hydrogen-bond acceptors (Lipinski definition) is 3. The lowest BCUT2D eigenvalue weighted by Crippen LogP contribution is -2.38. The summed E-state index contributed by atoms with van der Waals surface area (Å²) in [6.07, 6.45) is 3.72. The van der Waals surface area contributed by atoms with Gasteiger partial charge in [-0.2, -0.15) is 0 Å². The zero-order valence-corrected chi connectivity index (χ0v) is 13.6. The van der Waals surface area contributed by atoms with Crippen LogP contribution in [0.5, 0.6) is 5.75 Å². The van der Waals surface area contributed by atoms with E-state index in [0.717, 1.165) is 43.7 Å². The molecule has 1 atom stereocenters. The van der Waals surface area contributed by atoms with Crippen LogP contribution >= 0.6 is 12.4 Å². The summed E-state index contributed by atoms with van der Waals surface area (Å²) >= 11 is 0. The molecule has 1 aliphatic rings. The van der Waals surface area contributed by atoms with Crippen LogP contribution in [0, 0.1) is 0 Å². The smallest absolute Gasteiger partial charge is 0.226 e. The monoisotopic (exact) mass is 312 g/mol. The Hall–Kier alpha value is -1.26. The number of amides is 1. The molecule has 0 aliphatic carbocycles. The largest absolute Gasteiger partial charge is 0.497 e. The molecule has 1 N–H and O–H groups in total. The second-order valence-electron chi connectivity index (χ2n) is 5.37. The van der Waals surface area contributed by atoms with Crippen molar-refractivity contribution in [2.75, 3.05) is 27.2 Å². The molecule has 0 saturated carbocycles. The Kier molecular flexibility index (Phi) is 7.54. The summed E-state index contributed by atoms with van der Waals surface area (Å²) in [6.45, 7) is 2.07. The van der Waals surface area contributed by atoms with Crippen molar-refractivity contribution in [3.8, 4) is 5.75 Å². The second kappa shape index (κ2) is 8.90. The van der Waals surface area contributed by atoms with Crippen LogP contribution in [0.15, 0.2) is 24.3 Å². The van der Waals surface area contributed by atoms with Gasteiger partial charge in [0.15, 0.2) is 0 Å². The lowest BCUT2D eigenvalue weighted by molar-refractivity contribution is -0.131. The van der Waals surface area contributed by atoms with Gasteiger partial charge in [-0.15, -0.1) is 12.4 Å². The number of nitrogens with zero attached hydrogens (tertiary/aromatic N) is 1. The number of rotatable bonds is 4. The molecule has 0 spiro atoms. The number of halogens is 1. The van der Waals surface area contributed by atoms with Crippen LogP contribution in [0.1, 0.15) is 24.8 Å². The molecule has 118 valence electrons. The second-order valence-corrected chi connectivity index (χ2v) is 5.37. The SMILES string of the molecule is COc1cccc(CC(=O)N(C)C2CCCNCC2)c1.Cl. The van der Waals surface area contributed by atoms with E-state index >= 15 is 0 Å². The molecule has 0 radical (unpaired) electrons. The average Bonchev–Trinajstić information content (AvgIpc) is 2.75. The third kappa shape index (κ3) is 5.21. The summed E-state index contributed by atoms with van der Waals surface area (Å²) in [5.74, 6) is 0.988. The number of nitrogens with one attached hydrogen (secondary N) is 1. The van der Waals surface area contributed by atoms with E-state index in [1.165, 1.54) is 0 Å². The van der Waals surface area contributed by atoms with Crippen LogP contribution in [-0.4, -0.2) is 44.1 Å². The van der Waals surface area contributed by atoms with Crippen LogP contribution in [0.25, 0.3) is 0 Å². The third-order valence-corrected chi connectivity index (χ3v) is 3.98. The first kappa shape index (κ1) is 17.8. The van der Waals surface area contributed by atoms with E-state index in [-0.39, 0.29) is 18.3 Å². The van der Waals surface area contributed by atoms with Crippen molar-refractivity contribution in [1.29, 1.82) is 0 Å². The van der Waals surface area contributed by atoms with Crippen molar-refractivity contribution < 1.29 is 9.53 Å². The molecule has 1 aromatic carbocycles. The van der Waals surface area contributed by atoms with Crippen LogP contribution in [-0.2, 0) is 11.2 Å². The van der Waals surface area contributed by atoms with Gasteiger partial charge in [0.25, 0.3) is 0 Å². The fourth-order valence-corrected chi connectivity index (χ4v) is 2.67. The van der Waals surface area contributed by atoms with Gasteiger partial charge >= 0.3 is 0 Å². The van der Waals surface area contributed by atoms with Crippen molar-refractivity contribution in [3.63, 3.8) is 0 Å². The Labute approximate surface area is 133 Å². The molecule has 1 aliphatic heterocycles. The summed E-state index contributed by atoms with van der Waals surface area (Å²) in [5.41, 5.74) is 1.01. The number of carbonyl (C=O) groups is 1. The molecule has 2 rings (SSSR count). The fraction of sp³-hybridized carbons (Fsp3) is 0.562. The molecule has 0 bridgehead atoms. The number of methoxy groups -OCH3 is 1. The zero-order chi connectivity index (χ0) is 14.4. The Morgan fingerprint density at radius 3 is 2.95 bits per heavy atom. The van der Waals surface area contributed by atoms with Crippen molar-refractivity contribution in [2.24, 2.45) is 0 Å². The van der Waals surface area contributed by atoms with E-state index < -0.39 is 0 Å². The maximum absolute atomic E-state index is 12.4. The molecule has 0 aromatic heterocycles. The molecule has 1 unspecified atom stereocenters. The third-order valence-electron chi connectivity index (χ3n) is 3.98. The average molecular weight is 313 g/mol. The van der Waals surface area contributed by atoms with Crippen molar-refractivity contribution in [1.82, 2.24) is 10.2 Å². The normalized spacial score (nSPS) is 18.3. The highest BCUT2D eigenvalue weighted by Crippen LogP contribution is 2.16. The standard InChI is InChI=1S/C16H24N2O2.ClH/c1-18(14-6-4-9-17-10-8-14)16(19)12-13-5-3-7-15(11-13)20-2;/h3,5,7,11,14,17H,4,6,8-10,12H2,1-2H3;1H. The van der Waals surface area contributed by atoms with Gasteiger partial charge in [-0.25, -0.2) is 0 Å². The van der Waals surface area contributed by atoms with Gasteiger partial charge in [-0.3, -0.25) is 4.79 Å². The van der Waals surface area contributed by atoms with E-state index in [1.54, 1.807) is 7.11 Å². The number of carbonyl (C=O) groups excluding carboxylic acids is 1. The molecule has 1 fully saturated rings. The fourth-order valence-electron chi connectivity index (χ4n) is 2.67. The van der Waals surface area contributed by atoms with Gasteiger partial charge < -0.3 is 15.0 Å². The van der Waals surface area contributed by atoms with Gasteiger partial charge in [0, 0.05) is 13.1 Å². The van der Waals surface area contributed by atoms with Crippen molar-refractivity contribution in [2.45, 2.75) is 31.7 Å². The van der Waals surface area contributed by atoms with E-state index in [1.807, 2.05) is 36.2 Å². The molecule has 21 heavy (non-hydrogen) atoms. The van der Waals surface area contributed by atoms with E-state index in [4.69, 9.17) is 4.74 Å². The first-order valence-electron chi connectivity index (χ1n) is 7.30. The minimum Gasteiger partial charge on any atom is -0.497 e. The lowest BCUT2D eigenvalue weighted by Gasteiger charge is -2.27. The van der Waals surface area contributed by atoms with Gasteiger partial charge in [-0.05, 0) is 50.0 Å². The maximum atomic E-state index is 12.4. The molecule has 4 nitrogen and oxygen atoms in total. The number of ether oxygens (including phenoxy) is 1. The van der Waals surface area contributed by atoms with E-state index in [0.29, 0.717) is 12.5 Å². The Bertz CT molecular complexity index is 446. The molecule has 1 aromatic rings. The molecule has 5 heteroatoms. The van der Waals surface area contributed by atoms with Crippen molar-refractivity contribution in [3.05, 3.63) is 29.8 Å². The number of hydrogen-bond donors (Lipinski definition) is 1. The van der Waals surface area contributed by atoms with Gasteiger partial charge in [-0.1, -0.05) is 12.1 Å². The number of benzene rings is 1. The van der Waals surface area contributed by atoms with Crippen LogP contribution in [0.3, 0.4) is 0 Å². The summed E-state index contributed by atoms with van der Waals surface area (Å²) < 4.78 is 5.20. The quantitative estimate of drug-likeness (QED) is 0.927. The lowest BCUT2D eigenvalue weighted by atomic mass is 10.1. The zero-order valence-electron chi connectivity index (χ0n) is 12.8. The maximum Gasteiger partial charge on any atom is 0.226 e. The summed E-state index contributed by atoms with van der Waals surface area (Å²) in [6, 6.07) is 8.10. The summed E-state index contributed by atoms with van der Waals surface area (Å²) in [5, 5.41) is 3.38. The van der Waals surface area contributed by atoms with Crippen molar-refractivity contribution >= 4 is 18.3 Å². The Morgan fingerprint density at radius 2 is 2.19 bits per heavy atom. The topological polar surface area (TPSA) is 41.6 Å². The first-order chi connectivity index (χ1) is 9.70. The molecule has 1 amide bonds. The van der Waals surface area contributed by atoms with Gasteiger partial charge in [0.1, 0.15) is 5.75 Å². The minimum atomic E-state index is 0. The molecule has 1 saturated heterocycles. The van der Waals surface area contributed by atoms with Crippen LogP contribution in [0.2, 0.25) is 0 Å². The highest BCUT2D eigenvalue weighted by atomic mass is 35.5. The molecular formula is C16H25ClN2O2. The van der Waals surface area contributed by atoms with Crippen LogP contribution in [0.4, 0.5) is 0 Å². The predicted octanol–water partition coefficient (Wildman–Crippen LogP) is 2.26. The Balaban J connectivity index is 0.00000220. The Morgan fingerprint density at radius 1 is 1.38 bits per heavy atom. The molecular weight excluding hydrogens is 288 g/mol. The summed E-state index contributed by atoms with van der Waals surface area (Å²) in [4.78, 5) is 14.3. The highest BCUT2D eigenvalue weighted by molar-refractivity contribution is 5.85. The predicted molar refractivity (Wildman–Crippen MR) is 87.2 cm³/mol. The van der Waals surface area contributed by atoms with E-state index in [2.05, 4.69) is 5.32 Å². The highest BCUT2D eigenvalue weighted by Gasteiger charge is 2.21. The number of likely N-dealkylation sites (N-methyl/N-ethyl adjacent to an activating group) is 1. The van der Waals surface area contributed by atoms with Gasteiger partial charge in [0.2, 0.25) is 5.91 Å². The summed E-state index contributed by atoms with van der Waals surface area (Å²) in [7, 11) is 3.57. The first-order valence-corrected chi connectivity index (χ1v) is 7.30. The molecule has 1 heterocycles. The van der Waals surface area contributed by atoms with Gasteiger partial charge in [0.05, 0.1) is 13.5 Å². The minimum absolute atomic E-state index is 0. The van der Waals surface area contributed by atoms with E-state index in [9.17, 15) is 4.79 Å².